The zero-order valence-corrected chi connectivity index (χ0v) is 12.0. The first-order valence-electron chi connectivity index (χ1n) is 6.89. The molecule has 0 amide bonds. The molecular formula is C13H22N4S. The van der Waals surface area contributed by atoms with Gasteiger partial charge in [-0.2, -0.15) is 0 Å². The summed E-state index contributed by atoms with van der Waals surface area (Å²) in [6.07, 6.45) is 2.74. The maximum Gasteiger partial charge on any atom is 0.185 e. The van der Waals surface area contributed by atoms with Crippen LogP contribution in [0.5, 0.6) is 0 Å². The van der Waals surface area contributed by atoms with Crippen molar-refractivity contribution in [2.75, 3.05) is 38.1 Å². The molecule has 0 bridgehead atoms. The van der Waals surface area contributed by atoms with E-state index in [4.69, 9.17) is 4.98 Å². The summed E-state index contributed by atoms with van der Waals surface area (Å²) < 4.78 is 0. The third-order valence-electron chi connectivity index (χ3n) is 4.24. The summed E-state index contributed by atoms with van der Waals surface area (Å²) in [6.45, 7) is 6.98. The fraction of sp³-hybridized carbons (Fsp3) is 0.769. The predicted molar refractivity (Wildman–Crippen MR) is 76.4 cm³/mol. The lowest BCUT2D eigenvalue weighted by molar-refractivity contribution is 0.231. The number of hydrogen-bond donors (Lipinski definition) is 1. The Balaban J connectivity index is 1.69. The number of fused-ring (bicyclic) bond motifs is 1. The lowest BCUT2D eigenvalue weighted by Gasteiger charge is -2.37. The van der Waals surface area contributed by atoms with E-state index >= 15 is 0 Å². The molecule has 2 unspecified atom stereocenters. The molecule has 2 atom stereocenters. The van der Waals surface area contributed by atoms with Gasteiger partial charge in [-0.3, -0.25) is 4.90 Å². The van der Waals surface area contributed by atoms with Crippen molar-refractivity contribution >= 4 is 16.5 Å². The molecule has 0 saturated carbocycles. The van der Waals surface area contributed by atoms with Gasteiger partial charge in [-0.05, 0) is 33.4 Å². The Labute approximate surface area is 113 Å². The highest BCUT2D eigenvalue weighted by Gasteiger charge is 2.31. The number of thiazole rings is 1. The highest BCUT2D eigenvalue weighted by molar-refractivity contribution is 7.13. The first kappa shape index (κ1) is 12.4. The summed E-state index contributed by atoms with van der Waals surface area (Å²) in [6, 6.07) is 1.12. The van der Waals surface area contributed by atoms with E-state index in [0.717, 1.165) is 12.6 Å². The van der Waals surface area contributed by atoms with Gasteiger partial charge in [-0.25, -0.2) is 4.98 Å². The Morgan fingerprint density at radius 1 is 1.44 bits per heavy atom. The van der Waals surface area contributed by atoms with Gasteiger partial charge in [-0.1, -0.05) is 0 Å². The number of aromatic nitrogens is 1. The second-order valence-electron chi connectivity index (χ2n) is 5.34. The number of piperazine rings is 1. The fourth-order valence-corrected chi connectivity index (χ4v) is 3.89. The summed E-state index contributed by atoms with van der Waals surface area (Å²) in [4.78, 5) is 9.90. The molecule has 0 aromatic carbocycles. The number of nitrogens with zero attached hydrogens (tertiary/aromatic N) is 3. The molecule has 4 nitrogen and oxygen atoms in total. The van der Waals surface area contributed by atoms with Crippen LogP contribution in [-0.4, -0.2) is 49.2 Å². The standard InChI is InChI=1S/C13H22N4S/c1-10(14-2)12-9-18-13(15-12)17-7-6-16-5-3-4-11(16)8-17/h9-11,14H,3-8H2,1-2H3. The third-order valence-corrected chi connectivity index (χ3v) is 5.16. The maximum absolute atomic E-state index is 4.78. The van der Waals surface area contributed by atoms with Crippen molar-refractivity contribution < 1.29 is 0 Å². The van der Waals surface area contributed by atoms with Crippen molar-refractivity contribution in [3.05, 3.63) is 11.1 Å². The average molecular weight is 266 g/mol. The van der Waals surface area contributed by atoms with Gasteiger partial charge in [0.15, 0.2) is 5.13 Å². The van der Waals surface area contributed by atoms with Gasteiger partial charge in [0.2, 0.25) is 0 Å². The minimum atomic E-state index is 0.350. The average Bonchev–Trinajstić information content (AvgIpc) is 3.05. The number of anilines is 1. The molecule has 0 spiro atoms. The van der Waals surface area contributed by atoms with Gasteiger partial charge >= 0.3 is 0 Å². The Hall–Kier alpha value is -0.650. The van der Waals surface area contributed by atoms with E-state index in [1.165, 1.54) is 43.3 Å². The van der Waals surface area contributed by atoms with Gasteiger partial charge in [-0.15, -0.1) is 11.3 Å². The SMILES string of the molecule is CNC(C)c1csc(N2CCN3CCCC3C2)n1. The fourth-order valence-electron chi connectivity index (χ4n) is 2.93. The molecule has 1 aromatic rings. The number of nitrogens with one attached hydrogen (secondary N) is 1. The topological polar surface area (TPSA) is 31.4 Å². The molecule has 2 fully saturated rings. The molecule has 3 rings (SSSR count). The van der Waals surface area contributed by atoms with Gasteiger partial charge in [0.05, 0.1) is 5.69 Å². The van der Waals surface area contributed by atoms with Gasteiger partial charge in [0.25, 0.3) is 0 Å². The Morgan fingerprint density at radius 2 is 2.33 bits per heavy atom. The summed E-state index contributed by atoms with van der Waals surface area (Å²) in [7, 11) is 1.99. The van der Waals surface area contributed by atoms with Crippen LogP contribution >= 0.6 is 11.3 Å². The Kier molecular flexibility index (Phi) is 3.54. The summed E-state index contributed by atoms with van der Waals surface area (Å²) in [5.74, 6) is 0. The minimum absolute atomic E-state index is 0.350. The molecule has 5 heteroatoms. The predicted octanol–water partition coefficient (Wildman–Crippen LogP) is 1.71. The molecule has 0 aliphatic carbocycles. The Bertz CT molecular complexity index is 405. The van der Waals surface area contributed by atoms with Crippen LogP contribution < -0.4 is 10.2 Å². The van der Waals surface area contributed by atoms with Crippen LogP contribution in [0.25, 0.3) is 0 Å². The van der Waals surface area contributed by atoms with Crippen molar-refractivity contribution in [2.45, 2.75) is 31.8 Å². The molecular weight excluding hydrogens is 244 g/mol. The van der Waals surface area contributed by atoms with E-state index < -0.39 is 0 Å². The van der Waals surface area contributed by atoms with Crippen molar-refractivity contribution in [3.63, 3.8) is 0 Å². The van der Waals surface area contributed by atoms with Gasteiger partial charge < -0.3 is 10.2 Å². The van der Waals surface area contributed by atoms with Crippen molar-refractivity contribution in [2.24, 2.45) is 0 Å². The van der Waals surface area contributed by atoms with Crippen LogP contribution in [0.15, 0.2) is 5.38 Å². The highest BCUT2D eigenvalue weighted by Crippen LogP contribution is 2.28. The van der Waals surface area contributed by atoms with Crippen LogP contribution in [0.3, 0.4) is 0 Å². The van der Waals surface area contributed by atoms with Gasteiger partial charge in [0, 0.05) is 37.1 Å². The van der Waals surface area contributed by atoms with Crippen LogP contribution in [-0.2, 0) is 0 Å². The summed E-state index contributed by atoms with van der Waals surface area (Å²) >= 11 is 1.79. The summed E-state index contributed by atoms with van der Waals surface area (Å²) in [5.41, 5.74) is 1.17. The summed E-state index contributed by atoms with van der Waals surface area (Å²) in [5, 5.41) is 6.65. The van der Waals surface area contributed by atoms with Gasteiger partial charge in [0.1, 0.15) is 0 Å². The van der Waals surface area contributed by atoms with Crippen molar-refractivity contribution in [1.29, 1.82) is 0 Å². The highest BCUT2D eigenvalue weighted by atomic mass is 32.1. The van der Waals surface area contributed by atoms with Crippen LogP contribution in [0.4, 0.5) is 5.13 Å². The Morgan fingerprint density at radius 3 is 3.17 bits per heavy atom. The van der Waals surface area contributed by atoms with Crippen LogP contribution in [0, 0.1) is 0 Å². The monoisotopic (exact) mass is 266 g/mol. The van der Waals surface area contributed by atoms with E-state index in [1.807, 2.05) is 7.05 Å². The van der Waals surface area contributed by atoms with E-state index in [0.29, 0.717) is 6.04 Å². The van der Waals surface area contributed by atoms with E-state index in [1.54, 1.807) is 11.3 Å². The zero-order chi connectivity index (χ0) is 12.5. The van der Waals surface area contributed by atoms with Crippen LogP contribution in [0.1, 0.15) is 31.5 Å². The first-order chi connectivity index (χ1) is 8.78. The lowest BCUT2D eigenvalue weighted by Crippen LogP contribution is -2.50. The van der Waals surface area contributed by atoms with E-state index in [-0.39, 0.29) is 0 Å². The largest absolute Gasteiger partial charge is 0.345 e. The zero-order valence-electron chi connectivity index (χ0n) is 11.2. The minimum Gasteiger partial charge on any atom is -0.345 e. The molecule has 3 heterocycles. The lowest BCUT2D eigenvalue weighted by atomic mass is 10.2. The molecule has 2 aliphatic heterocycles. The van der Waals surface area contributed by atoms with E-state index in [9.17, 15) is 0 Å². The molecule has 2 aliphatic rings. The molecule has 1 aromatic heterocycles. The normalized spacial score (nSPS) is 26.3. The quantitative estimate of drug-likeness (QED) is 0.902. The second-order valence-corrected chi connectivity index (χ2v) is 6.18. The number of rotatable bonds is 3. The molecule has 18 heavy (non-hydrogen) atoms. The third kappa shape index (κ3) is 2.27. The van der Waals surface area contributed by atoms with Crippen molar-refractivity contribution in [3.8, 4) is 0 Å². The van der Waals surface area contributed by atoms with Crippen LogP contribution in [0.2, 0.25) is 0 Å². The second kappa shape index (κ2) is 5.15. The smallest absolute Gasteiger partial charge is 0.185 e. The molecule has 1 N–H and O–H groups in total. The molecule has 0 radical (unpaired) electrons. The van der Waals surface area contributed by atoms with Crippen molar-refractivity contribution in [1.82, 2.24) is 15.2 Å². The molecule has 100 valence electrons. The van der Waals surface area contributed by atoms with E-state index in [2.05, 4.69) is 27.4 Å². The first-order valence-corrected chi connectivity index (χ1v) is 7.77. The number of hydrogen-bond acceptors (Lipinski definition) is 5. The molecule has 2 saturated heterocycles. The maximum atomic E-state index is 4.78.